The minimum atomic E-state index is -3.57. The zero-order valence-electron chi connectivity index (χ0n) is 11.5. The summed E-state index contributed by atoms with van der Waals surface area (Å²) in [4.78, 5) is 1.21. The van der Waals surface area contributed by atoms with Gasteiger partial charge >= 0.3 is 0 Å². The van der Waals surface area contributed by atoms with Crippen molar-refractivity contribution in [1.82, 2.24) is 0 Å². The molecule has 0 aliphatic carbocycles. The SMILES string of the molecule is CCCCCc1sc(S(N)(=O)=O)c(C)c1CCC. The molecule has 0 aromatic carbocycles. The Morgan fingerprint density at radius 2 is 1.78 bits per heavy atom. The Bertz CT molecular complexity index is 489. The summed E-state index contributed by atoms with van der Waals surface area (Å²) in [5, 5.41) is 5.27. The zero-order chi connectivity index (χ0) is 13.8. The topological polar surface area (TPSA) is 60.2 Å². The number of primary sulfonamides is 1. The van der Waals surface area contributed by atoms with Crippen molar-refractivity contribution >= 4 is 21.4 Å². The van der Waals surface area contributed by atoms with Crippen LogP contribution in [-0.4, -0.2) is 8.42 Å². The number of hydrogen-bond acceptors (Lipinski definition) is 3. The summed E-state index contributed by atoms with van der Waals surface area (Å²) in [5.41, 5.74) is 2.08. The molecule has 5 heteroatoms. The molecule has 2 N–H and O–H groups in total. The van der Waals surface area contributed by atoms with E-state index in [4.69, 9.17) is 5.14 Å². The first-order valence-electron chi connectivity index (χ1n) is 6.55. The fraction of sp³-hybridized carbons (Fsp3) is 0.692. The van der Waals surface area contributed by atoms with Crippen molar-refractivity contribution in [2.75, 3.05) is 0 Å². The molecule has 0 unspecified atom stereocenters. The molecule has 0 saturated carbocycles. The second-order valence-electron chi connectivity index (χ2n) is 4.67. The highest BCUT2D eigenvalue weighted by molar-refractivity contribution is 7.91. The minimum absolute atomic E-state index is 0.359. The highest BCUT2D eigenvalue weighted by Gasteiger charge is 2.20. The maximum Gasteiger partial charge on any atom is 0.247 e. The number of nitrogens with two attached hydrogens (primary N) is 1. The van der Waals surface area contributed by atoms with E-state index in [1.54, 1.807) is 0 Å². The van der Waals surface area contributed by atoms with Crippen LogP contribution in [0.4, 0.5) is 0 Å². The van der Waals surface area contributed by atoms with Gasteiger partial charge in [-0.05, 0) is 37.3 Å². The van der Waals surface area contributed by atoms with Gasteiger partial charge in [0.1, 0.15) is 4.21 Å². The molecule has 18 heavy (non-hydrogen) atoms. The number of rotatable bonds is 7. The van der Waals surface area contributed by atoms with E-state index in [9.17, 15) is 8.42 Å². The molecular weight excluding hydrogens is 266 g/mol. The van der Waals surface area contributed by atoms with Crippen molar-refractivity contribution in [1.29, 1.82) is 0 Å². The third kappa shape index (κ3) is 3.80. The molecule has 0 saturated heterocycles. The van der Waals surface area contributed by atoms with Crippen LogP contribution in [0.15, 0.2) is 4.21 Å². The van der Waals surface area contributed by atoms with Gasteiger partial charge in [-0.3, -0.25) is 0 Å². The van der Waals surface area contributed by atoms with Crippen LogP contribution in [0.3, 0.4) is 0 Å². The Kier molecular flexibility index (Phi) is 5.82. The van der Waals surface area contributed by atoms with Gasteiger partial charge < -0.3 is 0 Å². The summed E-state index contributed by atoms with van der Waals surface area (Å²) < 4.78 is 23.4. The van der Waals surface area contributed by atoms with E-state index in [-0.39, 0.29) is 0 Å². The normalized spacial score (nSPS) is 12.0. The maximum atomic E-state index is 11.5. The molecule has 0 atom stereocenters. The van der Waals surface area contributed by atoms with Crippen molar-refractivity contribution in [3.8, 4) is 0 Å². The molecule has 1 aromatic rings. The molecule has 0 radical (unpaired) electrons. The Morgan fingerprint density at radius 3 is 2.28 bits per heavy atom. The Balaban J connectivity index is 3.08. The summed E-state index contributed by atoms with van der Waals surface area (Å²) in [6.07, 6.45) is 6.44. The van der Waals surface area contributed by atoms with E-state index in [0.29, 0.717) is 4.21 Å². The van der Waals surface area contributed by atoms with E-state index < -0.39 is 10.0 Å². The lowest BCUT2D eigenvalue weighted by atomic mass is 10.0. The Morgan fingerprint density at radius 1 is 1.11 bits per heavy atom. The molecule has 3 nitrogen and oxygen atoms in total. The van der Waals surface area contributed by atoms with Gasteiger partial charge in [-0.15, -0.1) is 11.3 Å². The van der Waals surface area contributed by atoms with Crippen molar-refractivity contribution in [3.63, 3.8) is 0 Å². The predicted molar refractivity (Wildman–Crippen MR) is 77.7 cm³/mol. The Labute approximate surface area is 114 Å². The van der Waals surface area contributed by atoms with Crippen LogP contribution < -0.4 is 5.14 Å². The lowest BCUT2D eigenvalue weighted by Gasteiger charge is -2.03. The number of sulfonamides is 1. The van der Waals surface area contributed by atoms with Gasteiger partial charge in [0.05, 0.1) is 0 Å². The highest BCUT2D eigenvalue weighted by atomic mass is 32.2. The molecule has 0 amide bonds. The maximum absolute atomic E-state index is 11.5. The molecule has 104 valence electrons. The average Bonchev–Trinajstić information content (AvgIpc) is 2.58. The molecule has 0 aliphatic rings. The highest BCUT2D eigenvalue weighted by Crippen LogP contribution is 2.33. The average molecular weight is 289 g/mol. The van der Waals surface area contributed by atoms with Gasteiger partial charge in [-0.1, -0.05) is 33.1 Å². The fourth-order valence-electron chi connectivity index (χ4n) is 2.17. The van der Waals surface area contributed by atoms with E-state index in [2.05, 4.69) is 13.8 Å². The molecule has 1 rings (SSSR count). The largest absolute Gasteiger partial charge is 0.247 e. The van der Waals surface area contributed by atoms with Crippen molar-refractivity contribution in [2.24, 2.45) is 5.14 Å². The Hall–Kier alpha value is -0.390. The number of thiophene rings is 1. The lowest BCUT2D eigenvalue weighted by Crippen LogP contribution is -2.11. The number of unbranched alkanes of at least 4 members (excludes halogenated alkanes) is 2. The van der Waals surface area contributed by atoms with Gasteiger partial charge in [0.2, 0.25) is 10.0 Å². The van der Waals surface area contributed by atoms with Crippen LogP contribution in [0.25, 0.3) is 0 Å². The van der Waals surface area contributed by atoms with Crippen LogP contribution >= 0.6 is 11.3 Å². The van der Waals surface area contributed by atoms with Crippen molar-refractivity contribution < 1.29 is 8.42 Å². The van der Waals surface area contributed by atoms with E-state index in [1.165, 1.54) is 34.6 Å². The van der Waals surface area contributed by atoms with E-state index in [0.717, 1.165) is 31.2 Å². The molecule has 0 aliphatic heterocycles. The zero-order valence-corrected chi connectivity index (χ0v) is 13.1. The molecule has 0 spiro atoms. The second kappa shape index (κ2) is 6.68. The molecule has 0 fully saturated rings. The van der Waals surface area contributed by atoms with Crippen molar-refractivity contribution in [3.05, 3.63) is 16.0 Å². The third-order valence-corrected chi connectivity index (χ3v) is 6.04. The summed E-state index contributed by atoms with van der Waals surface area (Å²) >= 11 is 1.37. The summed E-state index contributed by atoms with van der Waals surface area (Å²) in [7, 11) is -3.57. The summed E-state index contributed by atoms with van der Waals surface area (Å²) in [5.74, 6) is 0. The monoisotopic (exact) mass is 289 g/mol. The first-order chi connectivity index (χ1) is 8.41. The molecule has 1 aromatic heterocycles. The first kappa shape index (κ1) is 15.7. The van der Waals surface area contributed by atoms with E-state index >= 15 is 0 Å². The first-order valence-corrected chi connectivity index (χ1v) is 8.92. The summed E-state index contributed by atoms with van der Waals surface area (Å²) in [6, 6.07) is 0. The van der Waals surface area contributed by atoms with E-state index in [1.807, 2.05) is 6.92 Å². The van der Waals surface area contributed by atoms with Crippen LogP contribution in [0, 0.1) is 6.92 Å². The van der Waals surface area contributed by atoms with Gasteiger partial charge in [-0.25, -0.2) is 13.6 Å². The minimum Gasteiger partial charge on any atom is -0.224 e. The van der Waals surface area contributed by atoms with Crippen LogP contribution in [0.5, 0.6) is 0 Å². The molecule has 0 bridgehead atoms. The van der Waals surface area contributed by atoms with Gasteiger partial charge in [0.25, 0.3) is 0 Å². The lowest BCUT2D eigenvalue weighted by molar-refractivity contribution is 0.599. The number of aryl methyl sites for hydroxylation is 1. The van der Waals surface area contributed by atoms with Gasteiger partial charge in [0.15, 0.2) is 0 Å². The van der Waals surface area contributed by atoms with Gasteiger partial charge in [-0.2, -0.15) is 0 Å². The fourth-order valence-corrected chi connectivity index (χ4v) is 4.61. The molecule has 1 heterocycles. The smallest absolute Gasteiger partial charge is 0.224 e. The predicted octanol–water partition coefficient (Wildman–Crippen LogP) is 3.39. The summed E-state index contributed by atoms with van der Waals surface area (Å²) in [6.45, 7) is 6.16. The third-order valence-electron chi connectivity index (χ3n) is 3.08. The van der Waals surface area contributed by atoms with Crippen LogP contribution in [0.1, 0.15) is 55.5 Å². The standard InChI is InChI=1S/C13H23NO2S2/c1-4-6-7-9-12-11(8-5-2)10(3)13(17-12)18(14,15)16/h4-9H2,1-3H3,(H2,14,15,16). The second-order valence-corrected chi connectivity index (χ2v) is 7.53. The number of hydrogen-bond donors (Lipinski definition) is 1. The van der Waals surface area contributed by atoms with Crippen LogP contribution in [-0.2, 0) is 22.9 Å². The quantitative estimate of drug-likeness (QED) is 0.782. The molecular formula is C13H23NO2S2. The van der Waals surface area contributed by atoms with Crippen molar-refractivity contribution in [2.45, 2.75) is 63.5 Å². The van der Waals surface area contributed by atoms with Gasteiger partial charge in [0, 0.05) is 4.88 Å². The van der Waals surface area contributed by atoms with Crippen LogP contribution in [0.2, 0.25) is 0 Å².